The summed E-state index contributed by atoms with van der Waals surface area (Å²) >= 11 is 0. The monoisotopic (exact) mass is 423 g/mol. The van der Waals surface area contributed by atoms with Crippen LogP contribution in [0.4, 0.5) is 21.6 Å². The van der Waals surface area contributed by atoms with E-state index in [-0.39, 0.29) is 11.7 Å². The van der Waals surface area contributed by atoms with E-state index >= 15 is 0 Å². The van der Waals surface area contributed by atoms with Gasteiger partial charge in [0.05, 0.1) is 12.7 Å². The fraction of sp³-hybridized carbons (Fsp3) is 0.227. The number of piperazine rings is 1. The van der Waals surface area contributed by atoms with E-state index in [2.05, 4.69) is 19.8 Å². The van der Waals surface area contributed by atoms with Gasteiger partial charge in [-0.15, -0.1) is 0 Å². The number of nitrogens with zero attached hydrogens (tertiary/aromatic N) is 4. The van der Waals surface area contributed by atoms with Crippen molar-refractivity contribution in [2.75, 3.05) is 48.8 Å². The van der Waals surface area contributed by atoms with Crippen LogP contribution in [0.25, 0.3) is 0 Å². The predicted molar refractivity (Wildman–Crippen MR) is 115 cm³/mol. The molecule has 0 saturated carbocycles. The summed E-state index contributed by atoms with van der Waals surface area (Å²) in [4.78, 5) is 24.3. The van der Waals surface area contributed by atoms with Crippen molar-refractivity contribution in [2.24, 2.45) is 0 Å². The molecule has 9 heteroatoms. The molecule has 0 amide bonds. The van der Waals surface area contributed by atoms with E-state index in [4.69, 9.17) is 15.2 Å². The molecule has 0 atom stereocenters. The van der Waals surface area contributed by atoms with Gasteiger partial charge in [-0.1, -0.05) is 0 Å². The Balaban J connectivity index is 1.44. The summed E-state index contributed by atoms with van der Waals surface area (Å²) in [5.41, 5.74) is 8.05. The highest BCUT2D eigenvalue weighted by atomic mass is 19.1. The summed E-state index contributed by atoms with van der Waals surface area (Å²) in [6.45, 7) is 2.90. The highest BCUT2D eigenvalue weighted by Crippen LogP contribution is 2.32. The van der Waals surface area contributed by atoms with Gasteiger partial charge < -0.3 is 25.0 Å². The molecule has 8 nitrogen and oxygen atoms in total. The number of carbonyl (C=O) groups is 1. The second-order valence-corrected chi connectivity index (χ2v) is 6.98. The average Bonchev–Trinajstić information content (AvgIpc) is 2.81. The SMILES string of the molecule is COC(=O)c1ccc(Oc2ncnc(N3CCN(c4ccc(F)cc4)CC3)c2N)cc1. The first-order valence-corrected chi connectivity index (χ1v) is 9.77. The van der Waals surface area contributed by atoms with Crippen molar-refractivity contribution in [1.29, 1.82) is 0 Å². The minimum absolute atomic E-state index is 0.247. The lowest BCUT2D eigenvalue weighted by Gasteiger charge is -2.37. The van der Waals surface area contributed by atoms with Crippen molar-refractivity contribution in [2.45, 2.75) is 0 Å². The number of halogens is 1. The van der Waals surface area contributed by atoms with Gasteiger partial charge in [0, 0.05) is 31.9 Å². The third-order valence-electron chi connectivity index (χ3n) is 5.09. The fourth-order valence-electron chi connectivity index (χ4n) is 3.42. The first-order valence-electron chi connectivity index (χ1n) is 9.77. The van der Waals surface area contributed by atoms with Crippen LogP contribution in [-0.4, -0.2) is 49.2 Å². The van der Waals surface area contributed by atoms with Gasteiger partial charge in [-0.05, 0) is 48.5 Å². The van der Waals surface area contributed by atoms with Gasteiger partial charge >= 0.3 is 5.97 Å². The van der Waals surface area contributed by atoms with Crippen LogP contribution in [0, 0.1) is 5.82 Å². The molecule has 0 bridgehead atoms. The molecule has 4 rings (SSSR count). The summed E-state index contributed by atoms with van der Waals surface area (Å²) in [7, 11) is 1.33. The zero-order valence-corrected chi connectivity index (χ0v) is 17.0. The number of anilines is 3. The molecule has 2 heterocycles. The minimum atomic E-state index is -0.421. The van der Waals surface area contributed by atoms with Crippen molar-refractivity contribution in [3.63, 3.8) is 0 Å². The Bertz CT molecular complexity index is 1050. The second-order valence-electron chi connectivity index (χ2n) is 6.98. The third-order valence-corrected chi connectivity index (χ3v) is 5.09. The number of rotatable bonds is 5. The van der Waals surface area contributed by atoms with E-state index in [1.165, 1.54) is 25.6 Å². The Labute approximate surface area is 179 Å². The summed E-state index contributed by atoms with van der Waals surface area (Å²) in [6.07, 6.45) is 1.41. The minimum Gasteiger partial charge on any atom is -0.465 e. The van der Waals surface area contributed by atoms with Crippen LogP contribution in [0.1, 0.15) is 10.4 Å². The molecule has 0 spiro atoms. The lowest BCUT2D eigenvalue weighted by atomic mass is 10.2. The van der Waals surface area contributed by atoms with Crippen molar-refractivity contribution < 1.29 is 18.7 Å². The van der Waals surface area contributed by atoms with Gasteiger partial charge in [-0.25, -0.2) is 14.2 Å². The van der Waals surface area contributed by atoms with E-state index in [0.717, 1.165) is 18.8 Å². The number of carbonyl (C=O) groups excluding carboxylic acids is 1. The molecular formula is C22H22FN5O3. The van der Waals surface area contributed by atoms with Crippen LogP contribution in [0.3, 0.4) is 0 Å². The molecule has 1 fully saturated rings. The van der Waals surface area contributed by atoms with Gasteiger partial charge in [0.1, 0.15) is 23.6 Å². The third kappa shape index (κ3) is 4.50. The first kappa shape index (κ1) is 20.4. The van der Waals surface area contributed by atoms with Crippen LogP contribution in [0.2, 0.25) is 0 Å². The number of hydrogen-bond donors (Lipinski definition) is 1. The molecule has 31 heavy (non-hydrogen) atoms. The maximum Gasteiger partial charge on any atom is 0.337 e. The number of nitrogens with two attached hydrogens (primary N) is 1. The van der Waals surface area contributed by atoms with E-state index in [1.54, 1.807) is 36.4 Å². The molecule has 0 aliphatic carbocycles. The predicted octanol–water partition coefficient (Wildman–Crippen LogP) is 3.10. The van der Waals surface area contributed by atoms with Gasteiger partial charge in [-0.3, -0.25) is 0 Å². The van der Waals surface area contributed by atoms with Crippen molar-refractivity contribution in [1.82, 2.24) is 9.97 Å². The molecular weight excluding hydrogens is 401 g/mol. The van der Waals surface area contributed by atoms with Crippen LogP contribution < -0.4 is 20.3 Å². The van der Waals surface area contributed by atoms with Gasteiger partial charge in [0.2, 0.25) is 5.88 Å². The molecule has 1 aliphatic heterocycles. The average molecular weight is 423 g/mol. The summed E-state index contributed by atoms with van der Waals surface area (Å²) < 4.78 is 23.7. The Morgan fingerprint density at radius 3 is 2.26 bits per heavy atom. The summed E-state index contributed by atoms with van der Waals surface area (Å²) in [5.74, 6) is 0.677. The smallest absolute Gasteiger partial charge is 0.337 e. The highest BCUT2D eigenvalue weighted by molar-refractivity contribution is 5.89. The first-order chi connectivity index (χ1) is 15.0. The molecule has 1 aliphatic rings. The number of hydrogen-bond acceptors (Lipinski definition) is 8. The van der Waals surface area contributed by atoms with Crippen LogP contribution in [0.15, 0.2) is 54.9 Å². The Kier molecular flexibility index (Phi) is 5.83. The standard InChI is InChI=1S/C22H22FN5O3/c1-30-22(29)15-2-8-18(9-3-15)31-21-19(24)20(25-14-26-21)28-12-10-27(11-13-28)17-6-4-16(23)5-7-17/h2-9,14H,10-13,24H2,1H3. The van der Waals surface area contributed by atoms with Gasteiger partial charge in [-0.2, -0.15) is 4.98 Å². The van der Waals surface area contributed by atoms with Crippen LogP contribution in [-0.2, 0) is 4.74 Å². The summed E-state index contributed by atoms with van der Waals surface area (Å²) in [5, 5.41) is 0. The maximum atomic E-state index is 13.2. The number of methoxy groups -OCH3 is 1. The molecule has 1 aromatic heterocycles. The van der Waals surface area contributed by atoms with E-state index in [1.807, 2.05) is 0 Å². The zero-order chi connectivity index (χ0) is 21.8. The molecule has 2 aromatic carbocycles. The van der Waals surface area contributed by atoms with Crippen molar-refractivity contribution in [3.05, 3.63) is 66.2 Å². The van der Waals surface area contributed by atoms with E-state index < -0.39 is 5.97 Å². The van der Waals surface area contributed by atoms with E-state index in [9.17, 15) is 9.18 Å². The number of esters is 1. The van der Waals surface area contributed by atoms with Gasteiger partial charge in [0.25, 0.3) is 0 Å². The van der Waals surface area contributed by atoms with E-state index in [0.29, 0.717) is 35.9 Å². The molecule has 1 saturated heterocycles. The largest absolute Gasteiger partial charge is 0.465 e. The highest BCUT2D eigenvalue weighted by Gasteiger charge is 2.22. The number of benzene rings is 2. The maximum absolute atomic E-state index is 13.2. The molecule has 2 N–H and O–H groups in total. The van der Waals surface area contributed by atoms with Gasteiger partial charge in [0.15, 0.2) is 5.82 Å². The van der Waals surface area contributed by atoms with Crippen LogP contribution in [0.5, 0.6) is 11.6 Å². The Morgan fingerprint density at radius 1 is 0.968 bits per heavy atom. The topological polar surface area (TPSA) is 93.8 Å². The second kappa shape index (κ2) is 8.86. The number of nitrogen functional groups attached to an aromatic ring is 1. The Hall–Kier alpha value is -3.88. The molecule has 160 valence electrons. The molecule has 0 radical (unpaired) electrons. The van der Waals surface area contributed by atoms with Crippen LogP contribution >= 0.6 is 0 Å². The summed E-state index contributed by atoms with van der Waals surface area (Å²) in [6, 6.07) is 13.0. The fourth-order valence-corrected chi connectivity index (χ4v) is 3.42. The Morgan fingerprint density at radius 2 is 1.61 bits per heavy atom. The van der Waals surface area contributed by atoms with Crippen molar-refractivity contribution in [3.8, 4) is 11.6 Å². The number of ether oxygens (including phenoxy) is 2. The lowest BCUT2D eigenvalue weighted by molar-refractivity contribution is 0.0600. The molecule has 0 unspecified atom stereocenters. The zero-order valence-electron chi connectivity index (χ0n) is 17.0. The number of aromatic nitrogens is 2. The molecule has 3 aromatic rings. The quantitative estimate of drug-likeness (QED) is 0.626. The normalized spacial score (nSPS) is 13.7. The van der Waals surface area contributed by atoms with Crippen molar-refractivity contribution >= 4 is 23.2 Å². The lowest BCUT2D eigenvalue weighted by Crippen LogP contribution is -2.47.